The number of para-hydroxylation sites is 1. The number of fused-ring (bicyclic) bond motifs is 1. The average molecular weight is 338 g/mol. The maximum atomic E-state index is 14.2. The first-order valence-corrected chi connectivity index (χ1v) is 8.23. The first kappa shape index (κ1) is 15.7. The van der Waals surface area contributed by atoms with Gasteiger partial charge in [-0.2, -0.15) is 0 Å². The topological polar surface area (TPSA) is 47.1 Å². The number of aromatic amines is 1. The van der Waals surface area contributed by atoms with E-state index in [0.717, 1.165) is 23.4 Å². The molecule has 0 aliphatic carbocycles. The van der Waals surface area contributed by atoms with Crippen molar-refractivity contribution in [3.63, 3.8) is 0 Å². The van der Waals surface area contributed by atoms with Crippen LogP contribution in [0.1, 0.15) is 24.6 Å². The Morgan fingerprint density at radius 1 is 1.24 bits per heavy atom. The molecule has 1 atom stereocenters. The predicted molar refractivity (Wildman–Crippen MR) is 93.5 cm³/mol. The number of nitrogens with one attached hydrogen (secondary N) is 1. The molecule has 3 aromatic rings. The average Bonchev–Trinajstić information content (AvgIpc) is 3.13. The minimum absolute atomic E-state index is 0.255. The number of hydrogen-bond acceptors (Lipinski definition) is 3. The van der Waals surface area contributed by atoms with Crippen molar-refractivity contribution in [3.8, 4) is 22.9 Å². The summed E-state index contributed by atoms with van der Waals surface area (Å²) < 4.78 is 25.2. The van der Waals surface area contributed by atoms with Gasteiger partial charge in [-0.15, -0.1) is 0 Å². The van der Waals surface area contributed by atoms with Gasteiger partial charge in [-0.05, 0) is 37.6 Å². The van der Waals surface area contributed by atoms with Crippen LogP contribution in [0.2, 0.25) is 0 Å². The Morgan fingerprint density at radius 2 is 2.08 bits per heavy atom. The van der Waals surface area contributed by atoms with Gasteiger partial charge in [-0.25, -0.2) is 9.37 Å². The molecule has 0 saturated heterocycles. The molecule has 0 saturated carbocycles. The van der Waals surface area contributed by atoms with Gasteiger partial charge >= 0.3 is 0 Å². The van der Waals surface area contributed by atoms with Crippen LogP contribution < -0.4 is 9.47 Å². The molecule has 0 spiro atoms. The molecule has 2 aromatic carbocycles. The smallest absolute Gasteiger partial charge is 0.140 e. The zero-order valence-electron chi connectivity index (χ0n) is 14.2. The minimum atomic E-state index is -0.334. The van der Waals surface area contributed by atoms with Crippen molar-refractivity contribution in [3.05, 3.63) is 65.7 Å². The normalized spacial score (nSPS) is 19.2. The van der Waals surface area contributed by atoms with E-state index in [-0.39, 0.29) is 11.2 Å². The van der Waals surface area contributed by atoms with E-state index in [0.29, 0.717) is 23.7 Å². The number of halogens is 1. The summed E-state index contributed by atoms with van der Waals surface area (Å²) in [5, 5.41) is 0. The molecule has 5 heteroatoms. The molecule has 0 radical (unpaired) electrons. The standard InChI is InChI=1S/C20H19FN2O2/c1-20(9-10-25-17-6-4-3-5-15(17)20)18-12-22-19(23-18)14-11-13(24-2)7-8-16(14)21/h3-8,11-12H,9-10H2,1-2H3,(H,22,23)/t20-/m0/s1. The van der Waals surface area contributed by atoms with Crippen LogP contribution in [0.3, 0.4) is 0 Å². The Bertz CT molecular complexity index is 922. The van der Waals surface area contributed by atoms with Gasteiger partial charge in [0, 0.05) is 22.9 Å². The third-order valence-corrected chi connectivity index (χ3v) is 4.94. The fourth-order valence-corrected chi connectivity index (χ4v) is 3.38. The molecule has 4 nitrogen and oxygen atoms in total. The Balaban J connectivity index is 1.78. The van der Waals surface area contributed by atoms with Gasteiger partial charge in [0.25, 0.3) is 0 Å². The number of hydrogen-bond donors (Lipinski definition) is 1. The minimum Gasteiger partial charge on any atom is -0.497 e. The zero-order chi connectivity index (χ0) is 17.4. The monoisotopic (exact) mass is 338 g/mol. The summed E-state index contributed by atoms with van der Waals surface area (Å²) in [5.74, 6) is 1.65. The third-order valence-electron chi connectivity index (χ3n) is 4.94. The summed E-state index contributed by atoms with van der Waals surface area (Å²) in [6, 6.07) is 12.7. The van der Waals surface area contributed by atoms with Crippen LogP contribution in [0.15, 0.2) is 48.7 Å². The number of nitrogens with zero attached hydrogens (tertiary/aromatic N) is 1. The summed E-state index contributed by atoms with van der Waals surface area (Å²) in [6.07, 6.45) is 2.61. The predicted octanol–water partition coefficient (Wildman–Crippen LogP) is 4.31. The van der Waals surface area contributed by atoms with E-state index in [1.165, 1.54) is 6.07 Å². The van der Waals surface area contributed by atoms with Crippen LogP contribution in [-0.2, 0) is 5.41 Å². The van der Waals surface area contributed by atoms with Gasteiger partial charge < -0.3 is 14.5 Å². The lowest BCUT2D eigenvalue weighted by Gasteiger charge is -2.34. The van der Waals surface area contributed by atoms with Gasteiger partial charge in [0.15, 0.2) is 0 Å². The Morgan fingerprint density at radius 3 is 2.92 bits per heavy atom. The van der Waals surface area contributed by atoms with Crippen molar-refractivity contribution >= 4 is 0 Å². The maximum Gasteiger partial charge on any atom is 0.140 e. The van der Waals surface area contributed by atoms with Crippen molar-refractivity contribution in [2.24, 2.45) is 0 Å². The highest BCUT2D eigenvalue weighted by Crippen LogP contribution is 2.43. The molecule has 0 amide bonds. The molecule has 4 rings (SSSR count). The first-order valence-electron chi connectivity index (χ1n) is 8.23. The van der Waals surface area contributed by atoms with Crippen molar-refractivity contribution < 1.29 is 13.9 Å². The fraction of sp³-hybridized carbons (Fsp3) is 0.250. The number of H-pyrrole nitrogens is 1. The van der Waals surface area contributed by atoms with Gasteiger partial charge in [-0.1, -0.05) is 18.2 Å². The summed E-state index contributed by atoms with van der Waals surface area (Å²) in [5.41, 5.74) is 2.20. The number of aromatic nitrogens is 2. The molecule has 1 aliphatic rings. The highest BCUT2D eigenvalue weighted by Gasteiger charge is 2.36. The van der Waals surface area contributed by atoms with Crippen LogP contribution in [0.4, 0.5) is 4.39 Å². The molecule has 1 N–H and O–H groups in total. The number of imidazole rings is 1. The molecular weight excluding hydrogens is 319 g/mol. The lowest BCUT2D eigenvalue weighted by Crippen LogP contribution is -2.31. The molecule has 128 valence electrons. The summed E-state index contributed by atoms with van der Waals surface area (Å²) in [7, 11) is 1.56. The molecule has 0 bridgehead atoms. The van der Waals surface area contributed by atoms with E-state index in [1.54, 1.807) is 25.4 Å². The molecular formula is C20H19FN2O2. The fourth-order valence-electron chi connectivity index (χ4n) is 3.38. The Kier molecular flexibility index (Phi) is 3.71. The molecule has 1 aliphatic heterocycles. The second kappa shape index (κ2) is 5.92. The van der Waals surface area contributed by atoms with Crippen LogP contribution in [0.5, 0.6) is 11.5 Å². The lowest BCUT2D eigenvalue weighted by atomic mass is 9.75. The van der Waals surface area contributed by atoms with Crippen LogP contribution >= 0.6 is 0 Å². The molecule has 25 heavy (non-hydrogen) atoms. The number of ether oxygens (including phenoxy) is 2. The number of methoxy groups -OCH3 is 1. The van der Waals surface area contributed by atoms with Crippen molar-refractivity contribution in [2.45, 2.75) is 18.8 Å². The van der Waals surface area contributed by atoms with E-state index < -0.39 is 0 Å². The quantitative estimate of drug-likeness (QED) is 0.774. The van der Waals surface area contributed by atoms with E-state index in [9.17, 15) is 4.39 Å². The maximum absolute atomic E-state index is 14.2. The zero-order valence-corrected chi connectivity index (χ0v) is 14.2. The van der Waals surface area contributed by atoms with Crippen LogP contribution in [-0.4, -0.2) is 23.7 Å². The lowest BCUT2D eigenvalue weighted by molar-refractivity contribution is 0.241. The van der Waals surface area contributed by atoms with E-state index >= 15 is 0 Å². The number of rotatable bonds is 3. The van der Waals surface area contributed by atoms with E-state index in [4.69, 9.17) is 9.47 Å². The summed E-state index contributed by atoms with van der Waals surface area (Å²) >= 11 is 0. The Labute approximate surface area is 145 Å². The van der Waals surface area contributed by atoms with Gasteiger partial charge in [-0.3, -0.25) is 0 Å². The SMILES string of the molecule is COc1ccc(F)c(-c2ncc([C@@]3(C)CCOc4ccccc43)[nH]2)c1. The molecule has 0 fully saturated rings. The molecule has 2 heterocycles. The highest BCUT2D eigenvalue weighted by molar-refractivity contribution is 5.59. The van der Waals surface area contributed by atoms with Crippen molar-refractivity contribution in [2.75, 3.05) is 13.7 Å². The van der Waals surface area contributed by atoms with Crippen LogP contribution in [0.25, 0.3) is 11.4 Å². The van der Waals surface area contributed by atoms with E-state index in [1.807, 2.05) is 18.2 Å². The van der Waals surface area contributed by atoms with Gasteiger partial charge in [0.2, 0.25) is 0 Å². The van der Waals surface area contributed by atoms with E-state index in [2.05, 4.69) is 23.0 Å². The third kappa shape index (κ3) is 2.56. The number of benzene rings is 2. The second-order valence-corrected chi connectivity index (χ2v) is 6.42. The first-order chi connectivity index (χ1) is 12.1. The Hall–Kier alpha value is -2.82. The van der Waals surface area contributed by atoms with Crippen LogP contribution in [0, 0.1) is 5.82 Å². The van der Waals surface area contributed by atoms with Crippen molar-refractivity contribution in [1.29, 1.82) is 0 Å². The summed E-state index contributed by atoms with van der Waals surface area (Å²) in [4.78, 5) is 7.73. The van der Waals surface area contributed by atoms with Gasteiger partial charge in [0.1, 0.15) is 23.1 Å². The van der Waals surface area contributed by atoms with Gasteiger partial charge in [0.05, 0.1) is 19.3 Å². The highest BCUT2D eigenvalue weighted by atomic mass is 19.1. The largest absolute Gasteiger partial charge is 0.497 e. The molecule has 0 unspecified atom stereocenters. The summed E-state index contributed by atoms with van der Waals surface area (Å²) in [6.45, 7) is 2.79. The second-order valence-electron chi connectivity index (χ2n) is 6.42. The molecule has 1 aromatic heterocycles. The van der Waals surface area contributed by atoms with Crippen molar-refractivity contribution in [1.82, 2.24) is 9.97 Å².